The Labute approximate surface area is 262 Å². The Hall–Kier alpha value is -3.21. The Bertz CT molecular complexity index is 1470. The standard InChI is InChI=1S/C37H48N6O/c1-28-39-33-12-5-6-13-34(33)43(28)32-26-30-15-16-31(27-32)42(30)25-19-37(29-10-3-2-4-11-29)17-23-41(24-18-37)36(44)35-14-7-8-21-40(35)22-9-20-38/h2-6,10-13,30-32,35H,7-9,14-19,21-27H2,1H3/t30-,31+,32+,35?. The molecule has 7 heteroatoms. The summed E-state index contributed by atoms with van der Waals surface area (Å²) in [5.41, 5.74) is 3.96. The zero-order valence-corrected chi connectivity index (χ0v) is 26.4. The van der Waals surface area contributed by atoms with Crippen molar-refractivity contribution in [3.8, 4) is 6.07 Å². The number of amides is 1. The molecule has 0 aliphatic carbocycles. The van der Waals surface area contributed by atoms with Gasteiger partial charge >= 0.3 is 0 Å². The highest BCUT2D eigenvalue weighted by molar-refractivity contribution is 5.82. The van der Waals surface area contributed by atoms with Crippen LogP contribution in [0.5, 0.6) is 0 Å². The summed E-state index contributed by atoms with van der Waals surface area (Å²) in [4.78, 5) is 26.0. The number of piperidine rings is 3. The Morgan fingerprint density at radius 2 is 1.64 bits per heavy atom. The van der Waals surface area contributed by atoms with E-state index in [1.54, 1.807) is 0 Å². The van der Waals surface area contributed by atoms with E-state index in [-0.39, 0.29) is 11.5 Å². The molecule has 232 valence electrons. The molecule has 1 aromatic heterocycles. The maximum atomic E-state index is 13.8. The summed E-state index contributed by atoms with van der Waals surface area (Å²) in [7, 11) is 0. The smallest absolute Gasteiger partial charge is 0.239 e. The van der Waals surface area contributed by atoms with Crippen LogP contribution in [0, 0.1) is 18.3 Å². The summed E-state index contributed by atoms with van der Waals surface area (Å²) in [5.74, 6) is 1.45. The highest BCUT2D eigenvalue weighted by Gasteiger charge is 2.44. The van der Waals surface area contributed by atoms with Crippen LogP contribution in [0.3, 0.4) is 0 Å². The second-order valence-corrected chi connectivity index (χ2v) is 13.9. The number of likely N-dealkylation sites (tertiary alicyclic amines) is 2. The van der Waals surface area contributed by atoms with E-state index in [1.165, 1.54) is 36.8 Å². The van der Waals surface area contributed by atoms with Gasteiger partial charge in [-0.05, 0) is 101 Å². The lowest BCUT2D eigenvalue weighted by Crippen LogP contribution is -2.55. The number of fused-ring (bicyclic) bond motifs is 3. The lowest BCUT2D eigenvalue weighted by molar-refractivity contribution is -0.140. The molecular formula is C37H48N6O. The molecule has 2 aromatic carbocycles. The van der Waals surface area contributed by atoms with Gasteiger partial charge in [0.2, 0.25) is 5.91 Å². The molecule has 0 N–H and O–H groups in total. The number of aromatic nitrogens is 2. The number of nitriles is 1. The van der Waals surface area contributed by atoms with E-state index in [0.717, 1.165) is 76.0 Å². The van der Waals surface area contributed by atoms with Gasteiger partial charge in [-0.25, -0.2) is 4.98 Å². The molecule has 1 amide bonds. The molecule has 1 unspecified atom stereocenters. The van der Waals surface area contributed by atoms with Gasteiger partial charge < -0.3 is 9.47 Å². The van der Waals surface area contributed by atoms with Crippen LogP contribution in [0.15, 0.2) is 54.6 Å². The highest BCUT2D eigenvalue weighted by Crippen LogP contribution is 2.45. The minimum absolute atomic E-state index is 0.0468. The third-order valence-corrected chi connectivity index (χ3v) is 11.7. The molecule has 2 bridgehead atoms. The largest absolute Gasteiger partial charge is 0.341 e. The minimum Gasteiger partial charge on any atom is -0.341 e. The van der Waals surface area contributed by atoms with Crippen LogP contribution < -0.4 is 0 Å². The number of hydrogen-bond acceptors (Lipinski definition) is 5. The van der Waals surface area contributed by atoms with Crippen LogP contribution in [0.25, 0.3) is 11.0 Å². The predicted octanol–water partition coefficient (Wildman–Crippen LogP) is 6.23. The maximum Gasteiger partial charge on any atom is 0.239 e. The van der Waals surface area contributed by atoms with Crippen LogP contribution in [0.4, 0.5) is 0 Å². The topological polar surface area (TPSA) is 68.4 Å². The second-order valence-electron chi connectivity index (χ2n) is 13.9. The van der Waals surface area contributed by atoms with Gasteiger partial charge in [-0.15, -0.1) is 0 Å². The Kier molecular flexibility index (Phi) is 8.48. The summed E-state index contributed by atoms with van der Waals surface area (Å²) in [6.07, 6.45) is 11.9. The maximum absolute atomic E-state index is 13.8. The highest BCUT2D eigenvalue weighted by atomic mass is 16.2. The SMILES string of the molecule is Cc1nc2ccccc2n1[C@H]1C[C@H]2CC[C@@H](C1)N2CCC1(c2ccccc2)CCN(C(=O)C2CCCCN2CCC#N)CC1. The average Bonchev–Trinajstić information content (AvgIpc) is 3.53. The minimum atomic E-state index is -0.0468. The van der Waals surface area contributed by atoms with Gasteiger partial charge in [-0.2, -0.15) is 5.26 Å². The van der Waals surface area contributed by atoms with Gasteiger partial charge in [0.25, 0.3) is 0 Å². The van der Waals surface area contributed by atoms with E-state index in [0.29, 0.717) is 37.0 Å². The lowest BCUT2D eigenvalue weighted by Gasteiger charge is -2.47. The van der Waals surface area contributed by atoms with E-state index in [1.807, 2.05) is 0 Å². The van der Waals surface area contributed by atoms with E-state index >= 15 is 0 Å². The molecule has 7 nitrogen and oxygen atoms in total. The number of carbonyl (C=O) groups excluding carboxylic acids is 1. The summed E-state index contributed by atoms with van der Waals surface area (Å²) >= 11 is 0. The molecule has 0 saturated carbocycles. The fourth-order valence-electron chi connectivity index (χ4n) is 9.36. The first-order valence-electron chi connectivity index (χ1n) is 17.2. The zero-order chi connectivity index (χ0) is 30.1. The fraction of sp³-hybridized carbons (Fsp3) is 0.595. The van der Waals surface area contributed by atoms with Crippen molar-refractivity contribution >= 4 is 16.9 Å². The van der Waals surface area contributed by atoms with Crippen LogP contribution in [0.1, 0.15) is 88.1 Å². The average molecular weight is 593 g/mol. The number of benzene rings is 2. The Morgan fingerprint density at radius 1 is 0.909 bits per heavy atom. The van der Waals surface area contributed by atoms with Crippen LogP contribution in [-0.2, 0) is 10.2 Å². The van der Waals surface area contributed by atoms with Crippen molar-refractivity contribution in [1.29, 1.82) is 5.26 Å². The van der Waals surface area contributed by atoms with Gasteiger partial charge in [0.05, 0.1) is 23.1 Å². The third kappa shape index (κ3) is 5.56. The van der Waals surface area contributed by atoms with Gasteiger partial charge in [-0.1, -0.05) is 48.9 Å². The summed E-state index contributed by atoms with van der Waals surface area (Å²) in [6, 6.07) is 23.8. The van der Waals surface area contributed by atoms with E-state index in [9.17, 15) is 4.79 Å². The Morgan fingerprint density at radius 3 is 2.39 bits per heavy atom. The van der Waals surface area contributed by atoms with Crippen LogP contribution in [-0.4, -0.2) is 81.0 Å². The Balaban J connectivity index is 1.03. The molecule has 0 radical (unpaired) electrons. The molecule has 0 spiro atoms. The van der Waals surface area contributed by atoms with Gasteiger partial charge in [0, 0.05) is 44.2 Å². The van der Waals surface area contributed by atoms with E-state index < -0.39 is 0 Å². The quantitative estimate of drug-likeness (QED) is 0.310. The number of imidazole rings is 1. The van der Waals surface area contributed by atoms with E-state index in [2.05, 4.69) is 86.9 Å². The summed E-state index contributed by atoms with van der Waals surface area (Å²) in [6.45, 7) is 6.63. The monoisotopic (exact) mass is 592 g/mol. The molecule has 7 rings (SSSR count). The summed E-state index contributed by atoms with van der Waals surface area (Å²) in [5, 5.41) is 9.14. The van der Waals surface area contributed by atoms with Crippen LogP contribution in [0.2, 0.25) is 0 Å². The first kappa shape index (κ1) is 29.5. The van der Waals surface area contributed by atoms with Crippen molar-refractivity contribution in [2.75, 3.05) is 32.7 Å². The number of carbonyl (C=O) groups is 1. The lowest BCUT2D eigenvalue weighted by atomic mass is 9.70. The second kappa shape index (κ2) is 12.7. The number of aryl methyl sites for hydroxylation is 1. The van der Waals surface area contributed by atoms with Crippen molar-refractivity contribution in [3.05, 3.63) is 66.0 Å². The number of rotatable bonds is 8. The predicted molar refractivity (Wildman–Crippen MR) is 174 cm³/mol. The van der Waals surface area contributed by atoms with Crippen molar-refractivity contribution in [2.45, 2.75) is 107 Å². The molecule has 44 heavy (non-hydrogen) atoms. The zero-order valence-electron chi connectivity index (χ0n) is 26.4. The number of hydrogen-bond donors (Lipinski definition) is 0. The normalized spacial score (nSPS) is 27.4. The van der Waals surface area contributed by atoms with Crippen molar-refractivity contribution in [2.24, 2.45) is 0 Å². The fourth-order valence-corrected chi connectivity index (χ4v) is 9.36. The third-order valence-electron chi connectivity index (χ3n) is 11.7. The number of nitrogens with zero attached hydrogens (tertiary/aromatic N) is 6. The molecule has 4 fully saturated rings. The van der Waals surface area contributed by atoms with Crippen molar-refractivity contribution in [3.63, 3.8) is 0 Å². The molecule has 4 atom stereocenters. The molecule has 4 aliphatic rings. The number of para-hydroxylation sites is 2. The molecule has 4 aliphatic heterocycles. The first-order chi connectivity index (χ1) is 21.6. The van der Waals surface area contributed by atoms with Gasteiger partial charge in [0.15, 0.2) is 0 Å². The van der Waals surface area contributed by atoms with Gasteiger partial charge in [0.1, 0.15) is 5.82 Å². The first-order valence-corrected chi connectivity index (χ1v) is 17.2. The van der Waals surface area contributed by atoms with Gasteiger partial charge in [-0.3, -0.25) is 14.6 Å². The molecule has 3 aromatic rings. The van der Waals surface area contributed by atoms with Crippen LogP contribution >= 0.6 is 0 Å². The molecule has 5 heterocycles. The molecule has 4 saturated heterocycles. The van der Waals surface area contributed by atoms with Crippen molar-refractivity contribution < 1.29 is 4.79 Å². The summed E-state index contributed by atoms with van der Waals surface area (Å²) < 4.78 is 2.53. The van der Waals surface area contributed by atoms with E-state index in [4.69, 9.17) is 10.2 Å². The molecular weight excluding hydrogens is 544 g/mol. The van der Waals surface area contributed by atoms with Crippen molar-refractivity contribution in [1.82, 2.24) is 24.3 Å².